The molecule has 4 heteroatoms. The third-order valence-corrected chi connectivity index (χ3v) is 3.71. The molecule has 0 aliphatic carbocycles. The molecule has 1 N–H and O–H groups in total. The van der Waals surface area contributed by atoms with Crippen LogP contribution in [0.5, 0.6) is 0 Å². The second-order valence-electron chi connectivity index (χ2n) is 4.73. The molecule has 0 aliphatic rings. The molecule has 106 valence electrons. The third-order valence-electron chi connectivity index (χ3n) is 3.40. The summed E-state index contributed by atoms with van der Waals surface area (Å²) in [5.74, 6) is -0.390. The average molecular weight is 293 g/mol. The Morgan fingerprint density at radius 1 is 1.30 bits per heavy atom. The molecular weight excluding hydrogens is 275 g/mol. The van der Waals surface area contributed by atoms with Crippen molar-refractivity contribution in [3.8, 4) is 0 Å². The number of benzene rings is 1. The molecule has 1 atom stereocenters. The van der Waals surface area contributed by atoms with Crippen molar-refractivity contribution in [3.05, 3.63) is 64.2 Å². The van der Waals surface area contributed by atoms with E-state index in [2.05, 4.69) is 23.3 Å². The van der Waals surface area contributed by atoms with Crippen LogP contribution in [0.15, 0.2) is 36.5 Å². The number of aryl methyl sites for hydroxylation is 1. The third kappa shape index (κ3) is 3.56. The van der Waals surface area contributed by atoms with E-state index in [0.29, 0.717) is 6.42 Å². The predicted molar refractivity (Wildman–Crippen MR) is 80.5 cm³/mol. The fraction of sp³-hybridized carbons (Fsp3) is 0.312. The van der Waals surface area contributed by atoms with Crippen molar-refractivity contribution in [1.29, 1.82) is 0 Å². The smallest absolute Gasteiger partial charge is 0.142 e. The minimum absolute atomic E-state index is 0.0155. The maximum Gasteiger partial charge on any atom is 0.142 e. The highest BCUT2D eigenvalue weighted by Gasteiger charge is 2.13. The molecule has 0 amide bonds. The van der Waals surface area contributed by atoms with Crippen LogP contribution in [0, 0.1) is 5.82 Å². The van der Waals surface area contributed by atoms with Crippen molar-refractivity contribution in [2.45, 2.75) is 25.8 Å². The lowest BCUT2D eigenvalue weighted by molar-refractivity contribution is 0.571. The molecule has 0 fully saturated rings. The number of likely N-dealkylation sites (N-methyl/N-ethyl adjacent to an activating group) is 1. The monoisotopic (exact) mass is 292 g/mol. The van der Waals surface area contributed by atoms with Gasteiger partial charge in [0.25, 0.3) is 0 Å². The second-order valence-corrected chi connectivity index (χ2v) is 5.14. The molecule has 0 spiro atoms. The molecule has 20 heavy (non-hydrogen) atoms. The summed E-state index contributed by atoms with van der Waals surface area (Å²) < 4.78 is 13.5. The largest absolute Gasteiger partial charge is 0.313 e. The van der Waals surface area contributed by atoms with Crippen LogP contribution in [0.1, 0.15) is 29.8 Å². The minimum Gasteiger partial charge on any atom is -0.313 e. The van der Waals surface area contributed by atoms with Crippen molar-refractivity contribution in [1.82, 2.24) is 10.3 Å². The van der Waals surface area contributed by atoms with Crippen LogP contribution in [0.3, 0.4) is 0 Å². The Labute approximate surface area is 124 Å². The fourth-order valence-corrected chi connectivity index (χ4v) is 2.23. The number of pyridine rings is 1. The Hall–Kier alpha value is -1.45. The summed E-state index contributed by atoms with van der Waals surface area (Å²) >= 11 is 5.71. The number of hydrogen-bond donors (Lipinski definition) is 1. The van der Waals surface area contributed by atoms with E-state index in [9.17, 15) is 4.39 Å². The van der Waals surface area contributed by atoms with Gasteiger partial charge >= 0.3 is 0 Å². The average Bonchev–Trinajstić information content (AvgIpc) is 2.48. The number of halogens is 2. The normalized spacial score (nSPS) is 12.4. The Kier molecular flexibility index (Phi) is 5.10. The van der Waals surface area contributed by atoms with Crippen LogP contribution in [0.4, 0.5) is 4.39 Å². The number of rotatable bonds is 5. The molecular formula is C16H18ClFN2. The Morgan fingerprint density at radius 3 is 2.65 bits per heavy atom. The summed E-state index contributed by atoms with van der Waals surface area (Å²) in [5.41, 5.74) is 3.07. The van der Waals surface area contributed by atoms with Crippen molar-refractivity contribution in [2.75, 3.05) is 7.05 Å². The van der Waals surface area contributed by atoms with Gasteiger partial charge in [-0.1, -0.05) is 30.7 Å². The summed E-state index contributed by atoms with van der Waals surface area (Å²) in [5, 5.41) is 3.34. The molecule has 0 radical (unpaired) electrons. The van der Waals surface area contributed by atoms with Crippen molar-refractivity contribution in [3.63, 3.8) is 0 Å². The van der Waals surface area contributed by atoms with Crippen LogP contribution in [0.25, 0.3) is 0 Å². The van der Waals surface area contributed by atoms with Gasteiger partial charge in [0.1, 0.15) is 5.82 Å². The number of nitrogens with one attached hydrogen (secondary N) is 1. The van der Waals surface area contributed by atoms with Gasteiger partial charge in [-0.15, -0.1) is 0 Å². The van der Waals surface area contributed by atoms with Gasteiger partial charge in [-0.25, -0.2) is 4.39 Å². The summed E-state index contributed by atoms with van der Waals surface area (Å²) in [6.07, 6.45) is 3.58. The molecule has 1 aromatic heterocycles. The molecule has 1 unspecified atom stereocenters. The lowest BCUT2D eigenvalue weighted by Gasteiger charge is -2.16. The van der Waals surface area contributed by atoms with E-state index in [0.717, 1.165) is 17.7 Å². The van der Waals surface area contributed by atoms with Crippen molar-refractivity contribution >= 4 is 11.6 Å². The minimum atomic E-state index is -0.390. The van der Waals surface area contributed by atoms with E-state index in [-0.39, 0.29) is 11.1 Å². The van der Waals surface area contributed by atoms with E-state index in [1.54, 1.807) is 6.07 Å². The highest BCUT2D eigenvalue weighted by Crippen LogP contribution is 2.22. The Balaban J connectivity index is 2.16. The van der Waals surface area contributed by atoms with Crippen LogP contribution in [-0.2, 0) is 12.8 Å². The zero-order valence-corrected chi connectivity index (χ0v) is 12.4. The number of aromatic nitrogens is 1. The lowest BCUT2D eigenvalue weighted by Crippen LogP contribution is -2.19. The van der Waals surface area contributed by atoms with Crippen LogP contribution < -0.4 is 5.32 Å². The standard InChI is InChI=1S/C16H18ClFN2/c1-3-11-4-6-13(20-10-11)9-16(19-2)12-5-7-14(17)15(18)8-12/h4-8,10,16,19H,3,9H2,1-2H3. The van der Waals surface area contributed by atoms with Gasteiger partial charge < -0.3 is 5.32 Å². The van der Waals surface area contributed by atoms with E-state index in [1.807, 2.05) is 25.4 Å². The number of nitrogens with zero attached hydrogens (tertiary/aromatic N) is 1. The molecule has 2 aromatic rings. The van der Waals surface area contributed by atoms with Gasteiger partial charge in [-0.2, -0.15) is 0 Å². The molecule has 1 heterocycles. The molecule has 1 aromatic carbocycles. The van der Waals surface area contributed by atoms with Gasteiger partial charge in [0, 0.05) is 24.4 Å². The van der Waals surface area contributed by atoms with Gasteiger partial charge in [-0.05, 0) is 42.8 Å². The first-order chi connectivity index (χ1) is 9.63. The van der Waals surface area contributed by atoms with Crippen molar-refractivity contribution < 1.29 is 4.39 Å². The Bertz CT molecular complexity index is 569. The Morgan fingerprint density at radius 2 is 2.10 bits per heavy atom. The summed E-state index contributed by atoms with van der Waals surface area (Å²) in [6.45, 7) is 2.10. The molecule has 2 nitrogen and oxygen atoms in total. The van der Waals surface area contributed by atoms with E-state index >= 15 is 0 Å². The van der Waals surface area contributed by atoms with Gasteiger partial charge in [0.05, 0.1) is 5.02 Å². The zero-order valence-electron chi connectivity index (χ0n) is 11.7. The molecule has 0 saturated heterocycles. The molecule has 2 rings (SSSR count). The second kappa shape index (κ2) is 6.82. The quantitative estimate of drug-likeness (QED) is 0.903. The predicted octanol–water partition coefficient (Wildman–Crippen LogP) is 3.94. The number of hydrogen-bond acceptors (Lipinski definition) is 2. The van der Waals surface area contributed by atoms with E-state index in [1.165, 1.54) is 11.6 Å². The first-order valence-electron chi connectivity index (χ1n) is 6.70. The lowest BCUT2D eigenvalue weighted by atomic mass is 10.0. The van der Waals surface area contributed by atoms with Crippen molar-refractivity contribution in [2.24, 2.45) is 0 Å². The summed E-state index contributed by atoms with van der Waals surface area (Å²) in [6, 6.07) is 9.02. The van der Waals surface area contributed by atoms with Gasteiger partial charge in [-0.3, -0.25) is 4.98 Å². The van der Waals surface area contributed by atoms with E-state index in [4.69, 9.17) is 11.6 Å². The van der Waals surface area contributed by atoms with Gasteiger partial charge in [0.15, 0.2) is 0 Å². The highest BCUT2D eigenvalue weighted by atomic mass is 35.5. The maximum absolute atomic E-state index is 13.5. The molecule has 0 saturated carbocycles. The van der Waals surface area contributed by atoms with Crippen LogP contribution in [0.2, 0.25) is 5.02 Å². The molecule has 0 bridgehead atoms. The SMILES string of the molecule is CCc1ccc(CC(NC)c2ccc(Cl)c(F)c2)nc1. The maximum atomic E-state index is 13.5. The summed E-state index contributed by atoms with van der Waals surface area (Å²) in [4.78, 5) is 4.44. The summed E-state index contributed by atoms with van der Waals surface area (Å²) in [7, 11) is 1.86. The van der Waals surface area contributed by atoms with Crippen LogP contribution >= 0.6 is 11.6 Å². The van der Waals surface area contributed by atoms with Crippen LogP contribution in [-0.4, -0.2) is 12.0 Å². The van der Waals surface area contributed by atoms with E-state index < -0.39 is 5.82 Å². The zero-order chi connectivity index (χ0) is 14.5. The highest BCUT2D eigenvalue weighted by molar-refractivity contribution is 6.30. The molecule has 0 aliphatic heterocycles. The van der Waals surface area contributed by atoms with Gasteiger partial charge in [0.2, 0.25) is 0 Å². The first-order valence-corrected chi connectivity index (χ1v) is 7.07. The fourth-order valence-electron chi connectivity index (χ4n) is 2.11. The first kappa shape index (κ1) is 14.9. The topological polar surface area (TPSA) is 24.9 Å².